The molecule has 31 heavy (non-hydrogen) atoms. The van der Waals surface area contributed by atoms with Crippen molar-refractivity contribution in [1.82, 2.24) is 14.4 Å². The Hall–Kier alpha value is -3.87. The molecule has 1 aliphatic heterocycles. The Morgan fingerprint density at radius 2 is 1.65 bits per heavy atom. The van der Waals surface area contributed by atoms with Crippen molar-refractivity contribution >= 4 is 28.7 Å². The molecule has 1 aromatic carbocycles. The van der Waals surface area contributed by atoms with E-state index in [2.05, 4.69) is 49.4 Å². The second kappa shape index (κ2) is 8.10. The zero-order valence-electron chi connectivity index (χ0n) is 17.4. The van der Waals surface area contributed by atoms with Crippen molar-refractivity contribution in [3.63, 3.8) is 0 Å². The van der Waals surface area contributed by atoms with Gasteiger partial charge in [-0.3, -0.25) is 9.20 Å². The first-order valence-corrected chi connectivity index (χ1v) is 10.4. The van der Waals surface area contributed by atoms with Gasteiger partial charge in [0, 0.05) is 38.1 Å². The molecule has 0 saturated carbocycles. The number of hydrogen-bond acceptors (Lipinski definition) is 5. The summed E-state index contributed by atoms with van der Waals surface area (Å²) in [5.74, 6) is 0.735. The molecule has 0 bridgehead atoms. The molecule has 4 heterocycles. The number of para-hydroxylation sites is 1. The second-order valence-electron chi connectivity index (χ2n) is 7.64. The fourth-order valence-electron chi connectivity index (χ4n) is 4.06. The van der Waals surface area contributed by atoms with Gasteiger partial charge in [0.2, 0.25) is 0 Å². The van der Waals surface area contributed by atoms with Crippen molar-refractivity contribution in [2.45, 2.75) is 6.92 Å². The Kier molecular flexibility index (Phi) is 5.00. The highest BCUT2D eigenvalue weighted by molar-refractivity contribution is 6.04. The second-order valence-corrected chi connectivity index (χ2v) is 7.64. The third-order valence-electron chi connectivity index (χ3n) is 5.65. The van der Waals surface area contributed by atoms with Gasteiger partial charge in [-0.2, -0.15) is 0 Å². The van der Waals surface area contributed by atoms with Gasteiger partial charge in [-0.25, -0.2) is 9.97 Å². The molecular weight excluding hydrogens is 388 g/mol. The van der Waals surface area contributed by atoms with Gasteiger partial charge in [0.15, 0.2) is 0 Å². The van der Waals surface area contributed by atoms with Crippen molar-refractivity contribution in [2.24, 2.45) is 0 Å². The van der Waals surface area contributed by atoms with Crippen molar-refractivity contribution in [2.75, 3.05) is 41.3 Å². The number of pyridine rings is 2. The van der Waals surface area contributed by atoms with Gasteiger partial charge >= 0.3 is 0 Å². The Bertz CT molecular complexity index is 1190. The highest BCUT2D eigenvalue weighted by atomic mass is 16.2. The van der Waals surface area contributed by atoms with E-state index in [0.717, 1.165) is 37.6 Å². The quantitative estimate of drug-likeness (QED) is 0.555. The normalized spacial score (nSPS) is 14.1. The minimum atomic E-state index is -0.192. The molecule has 3 aromatic heterocycles. The zero-order chi connectivity index (χ0) is 21.2. The number of anilines is 3. The predicted molar refractivity (Wildman–Crippen MR) is 123 cm³/mol. The van der Waals surface area contributed by atoms with Gasteiger partial charge < -0.3 is 15.1 Å². The van der Waals surface area contributed by atoms with Crippen molar-refractivity contribution in [3.05, 3.63) is 84.4 Å². The maximum absolute atomic E-state index is 12.9. The standard InChI is InChI=1S/C24H24N6O/c1-18-23(30-12-6-5-9-22(30)26-18)24(31)27-19-10-11-21(25-17-19)29-15-13-28(14-16-29)20-7-3-2-4-8-20/h2-12,17H,13-16H2,1H3,(H,27,31). The van der Waals surface area contributed by atoms with Crippen LogP contribution in [0.5, 0.6) is 0 Å². The lowest BCUT2D eigenvalue weighted by molar-refractivity contribution is 0.102. The number of imidazole rings is 1. The predicted octanol–water partition coefficient (Wildman–Crippen LogP) is 3.62. The molecule has 1 aliphatic rings. The summed E-state index contributed by atoms with van der Waals surface area (Å²) >= 11 is 0. The maximum Gasteiger partial charge on any atom is 0.274 e. The van der Waals surface area contributed by atoms with E-state index in [1.54, 1.807) is 10.6 Å². The van der Waals surface area contributed by atoms with Crippen LogP contribution in [0, 0.1) is 6.92 Å². The van der Waals surface area contributed by atoms with E-state index in [4.69, 9.17) is 0 Å². The maximum atomic E-state index is 12.9. The van der Waals surface area contributed by atoms with E-state index in [1.807, 2.05) is 49.5 Å². The van der Waals surface area contributed by atoms with Crippen LogP contribution in [-0.2, 0) is 0 Å². The first-order chi connectivity index (χ1) is 15.2. The SMILES string of the molecule is Cc1nc2ccccn2c1C(=O)Nc1ccc(N2CCN(c3ccccc3)CC2)nc1. The summed E-state index contributed by atoms with van der Waals surface area (Å²) in [5, 5.41) is 2.95. The number of benzene rings is 1. The molecule has 0 unspecified atom stereocenters. The molecule has 1 amide bonds. The summed E-state index contributed by atoms with van der Waals surface area (Å²) in [6.07, 6.45) is 3.57. The van der Waals surface area contributed by atoms with E-state index in [-0.39, 0.29) is 5.91 Å². The number of piperazine rings is 1. The average Bonchev–Trinajstić information content (AvgIpc) is 3.16. The molecule has 0 atom stereocenters. The molecular formula is C24H24N6O. The number of hydrogen-bond donors (Lipinski definition) is 1. The van der Waals surface area contributed by atoms with Gasteiger partial charge in [-0.05, 0) is 43.3 Å². The third-order valence-corrected chi connectivity index (χ3v) is 5.65. The molecule has 156 valence electrons. The molecule has 7 heteroatoms. The molecule has 0 spiro atoms. The number of fused-ring (bicyclic) bond motifs is 1. The van der Waals surface area contributed by atoms with Crippen LogP contribution >= 0.6 is 0 Å². The fourth-order valence-corrected chi connectivity index (χ4v) is 4.06. The molecule has 1 fully saturated rings. The highest BCUT2D eigenvalue weighted by Crippen LogP contribution is 2.21. The lowest BCUT2D eigenvalue weighted by atomic mass is 10.2. The van der Waals surface area contributed by atoms with Gasteiger partial charge in [0.05, 0.1) is 17.6 Å². The van der Waals surface area contributed by atoms with E-state index < -0.39 is 0 Å². The molecule has 1 N–H and O–H groups in total. The van der Waals surface area contributed by atoms with Crippen LogP contribution in [0.25, 0.3) is 5.65 Å². The highest BCUT2D eigenvalue weighted by Gasteiger charge is 2.19. The molecule has 7 nitrogen and oxygen atoms in total. The Balaban J connectivity index is 1.24. The fraction of sp³-hybridized carbons (Fsp3) is 0.208. The Morgan fingerprint density at radius 3 is 2.39 bits per heavy atom. The van der Waals surface area contributed by atoms with Crippen LogP contribution in [0.3, 0.4) is 0 Å². The van der Waals surface area contributed by atoms with Gasteiger partial charge in [0.25, 0.3) is 5.91 Å². The first kappa shape index (κ1) is 19.1. The number of aryl methyl sites for hydroxylation is 1. The molecule has 0 radical (unpaired) electrons. The van der Waals surface area contributed by atoms with E-state index in [9.17, 15) is 4.79 Å². The summed E-state index contributed by atoms with van der Waals surface area (Å²) in [6, 6.07) is 20.0. The van der Waals surface area contributed by atoms with Crippen LogP contribution < -0.4 is 15.1 Å². The topological polar surface area (TPSA) is 65.8 Å². The summed E-state index contributed by atoms with van der Waals surface area (Å²) < 4.78 is 1.80. The number of nitrogens with zero attached hydrogens (tertiary/aromatic N) is 5. The molecule has 0 aliphatic carbocycles. The van der Waals surface area contributed by atoms with Gasteiger partial charge in [0.1, 0.15) is 17.2 Å². The van der Waals surface area contributed by atoms with E-state index in [1.165, 1.54) is 5.69 Å². The monoisotopic (exact) mass is 412 g/mol. The largest absolute Gasteiger partial charge is 0.368 e. The van der Waals surface area contributed by atoms with Crippen LogP contribution in [0.15, 0.2) is 73.1 Å². The number of carbonyl (C=O) groups is 1. The van der Waals surface area contributed by atoms with Crippen molar-refractivity contribution in [3.8, 4) is 0 Å². The van der Waals surface area contributed by atoms with Crippen LogP contribution in [0.4, 0.5) is 17.2 Å². The molecule has 4 aromatic rings. The third kappa shape index (κ3) is 3.82. The van der Waals surface area contributed by atoms with Crippen molar-refractivity contribution < 1.29 is 4.79 Å². The number of nitrogens with one attached hydrogen (secondary N) is 1. The number of carbonyl (C=O) groups excluding carboxylic acids is 1. The number of aromatic nitrogens is 3. The van der Waals surface area contributed by atoms with Gasteiger partial charge in [-0.1, -0.05) is 24.3 Å². The Morgan fingerprint density at radius 1 is 0.903 bits per heavy atom. The van der Waals surface area contributed by atoms with Crippen LogP contribution in [0.2, 0.25) is 0 Å². The summed E-state index contributed by atoms with van der Waals surface area (Å²) in [6.45, 7) is 5.58. The Labute approximate surface area is 181 Å². The minimum absolute atomic E-state index is 0.192. The van der Waals surface area contributed by atoms with Crippen LogP contribution in [0.1, 0.15) is 16.2 Å². The smallest absolute Gasteiger partial charge is 0.274 e. The zero-order valence-corrected chi connectivity index (χ0v) is 17.4. The summed E-state index contributed by atoms with van der Waals surface area (Å²) in [5.41, 5.74) is 3.92. The lowest BCUT2D eigenvalue weighted by Crippen LogP contribution is -2.46. The van der Waals surface area contributed by atoms with E-state index >= 15 is 0 Å². The van der Waals surface area contributed by atoms with Crippen molar-refractivity contribution in [1.29, 1.82) is 0 Å². The summed E-state index contributed by atoms with van der Waals surface area (Å²) in [4.78, 5) is 26.6. The first-order valence-electron chi connectivity index (χ1n) is 10.4. The number of amides is 1. The average molecular weight is 412 g/mol. The molecule has 5 rings (SSSR count). The minimum Gasteiger partial charge on any atom is -0.368 e. The number of rotatable bonds is 4. The summed E-state index contributed by atoms with van der Waals surface area (Å²) in [7, 11) is 0. The van der Waals surface area contributed by atoms with E-state index in [0.29, 0.717) is 17.1 Å². The lowest BCUT2D eigenvalue weighted by Gasteiger charge is -2.36. The molecule has 1 saturated heterocycles. The van der Waals surface area contributed by atoms with Crippen LogP contribution in [-0.4, -0.2) is 46.5 Å². The van der Waals surface area contributed by atoms with Gasteiger partial charge in [-0.15, -0.1) is 0 Å².